The van der Waals surface area contributed by atoms with Crippen molar-refractivity contribution < 1.29 is 4.39 Å². The Morgan fingerprint density at radius 2 is 2.00 bits per heavy atom. The van der Waals surface area contributed by atoms with Crippen molar-refractivity contribution in [1.82, 2.24) is 9.97 Å². The second-order valence-electron chi connectivity index (χ2n) is 3.43. The maximum absolute atomic E-state index is 13.2. The zero-order valence-corrected chi connectivity index (χ0v) is 11.4. The van der Waals surface area contributed by atoms with Crippen LogP contribution in [0.2, 0.25) is 0 Å². The summed E-state index contributed by atoms with van der Waals surface area (Å²) in [5, 5.41) is 0. The fourth-order valence-corrected chi connectivity index (χ4v) is 1.81. The van der Waals surface area contributed by atoms with Gasteiger partial charge in [0.15, 0.2) is 0 Å². The van der Waals surface area contributed by atoms with Gasteiger partial charge in [0.1, 0.15) is 5.82 Å². The summed E-state index contributed by atoms with van der Waals surface area (Å²) in [7, 11) is 0. The number of anilines is 2. The van der Waals surface area contributed by atoms with E-state index in [2.05, 4.69) is 32.6 Å². The lowest BCUT2D eigenvalue weighted by molar-refractivity contribution is 0.627. The predicted octanol–water partition coefficient (Wildman–Crippen LogP) is 3.38. The van der Waals surface area contributed by atoms with Crippen LogP contribution in [0.25, 0.3) is 0 Å². The number of rotatable bonds is 3. The Bertz CT molecular complexity index is 501. The zero-order valence-electron chi connectivity index (χ0n) is 9.27. The molecule has 0 unspecified atom stereocenters. The van der Waals surface area contributed by atoms with Crippen molar-refractivity contribution in [2.45, 2.75) is 6.92 Å². The van der Waals surface area contributed by atoms with Crippen LogP contribution in [0.4, 0.5) is 16.0 Å². The van der Waals surface area contributed by atoms with Crippen molar-refractivity contribution in [3.63, 3.8) is 0 Å². The Hall–Kier alpha value is -1.24. The fourth-order valence-electron chi connectivity index (χ4n) is 1.53. The molecule has 1 aromatic heterocycles. The van der Waals surface area contributed by atoms with Crippen LogP contribution in [0.15, 0.2) is 36.7 Å². The molecule has 0 saturated heterocycles. The van der Waals surface area contributed by atoms with Crippen LogP contribution in [0, 0.1) is 9.39 Å². The van der Waals surface area contributed by atoms with Gasteiger partial charge in [-0.3, -0.25) is 0 Å². The first kappa shape index (κ1) is 12.2. The Labute approximate surface area is 113 Å². The molecule has 0 radical (unpaired) electrons. The molecular weight excluding hydrogens is 332 g/mol. The molecule has 0 atom stereocenters. The maximum atomic E-state index is 13.2. The lowest BCUT2D eigenvalue weighted by Crippen LogP contribution is -2.18. The highest BCUT2D eigenvalue weighted by atomic mass is 127. The van der Waals surface area contributed by atoms with Gasteiger partial charge in [0.25, 0.3) is 0 Å². The molecule has 88 valence electrons. The van der Waals surface area contributed by atoms with Gasteiger partial charge in [-0.25, -0.2) is 14.4 Å². The molecule has 2 rings (SSSR count). The molecule has 0 N–H and O–H groups in total. The molecule has 5 heteroatoms. The number of hydrogen-bond acceptors (Lipinski definition) is 3. The van der Waals surface area contributed by atoms with Gasteiger partial charge in [0, 0.05) is 28.2 Å². The molecule has 17 heavy (non-hydrogen) atoms. The molecule has 3 nitrogen and oxygen atoms in total. The minimum atomic E-state index is -0.258. The van der Waals surface area contributed by atoms with Crippen molar-refractivity contribution in [3.8, 4) is 0 Å². The number of hydrogen-bond donors (Lipinski definition) is 0. The monoisotopic (exact) mass is 343 g/mol. The maximum Gasteiger partial charge on any atom is 0.229 e. The van der Waals surface area contributed by atoms with E-state index in [1.807, 2.05) is 17.9 Å². The average molecular weight is 343 g/mol. The Kier molecular flexibility index (Phi) is 3.88. The highest BCUT2D eigenvalue weighted by Crippen LogP contribution is 2.22. The molecule has 0 aliphatic heterocycles. The summed E-state index contributed by atoms with van der Waals surface area (Å²) in [4.78, 5) is 10.3. The summed E-state index contributed by atoms with van der Waals surface area (Å²) in [5.41, 5.74) is 0.758. The summed E-state index contributed by atoms with van der Waals surface area (Å²) in [6.07, 6.45) is 3.48. The van der Waals surface area contributed by atoms with Crippen LogP contribution < -0.4 is 4.90 Å². The Balaban J connectivity index is 2.36. The van der Waals surface area contributed by atoms with Crippen LogP contribution in [-0.4, -0.2) is 16.5 Å². The number of benzene rings is 1. The van der Waals surface area contributed by atoms with Gasteiger partial charge < -0.3 is 4.90 Å². The first-order valence-electron chi connectivity index (χ1n) is 5.21. The van der Waals surface area contributed by atoms with Crippen LogP contribution in [-0.2, 0) is 0 Å². The predicted molar refractivity (Wildman–Crippen MR) is 73.8 cm³/mol. The summed E-state index contributed by atoms with van der Waals surface area (Å²) in [6, 6.07) is 6.42. The molecule has 0 fully saturated rings. The zero-order chi connectivity index (χ0) is 12.3. The molecule has 0 bridgehead atoms. The molecule has 0 spiro atoms. The van der Waals surface area contributed by atoms with E-state index in [0.29, 0.717) is 12.5 Å². The average Bonchev–Trinajstić information content (AvgIpc) is 2.33. The Morgan fingerprint density at radius 1 is 1.29 bits per heavy atom. The molecule has 0 aliphatic rings. The van der Waals surface area contributed by atoms with E-state index in [0.717, 1.165) is 9.26 Å². The van der Waals surface area contributed by atoms with Crippen LogP contribution in [0.1, 0.15) is 6.92 Å². The largest absolute Gasteiger partial charge is 0.311 e. The highest BCUT2D eigenvalue weighted by Gasteiger charge is 2.10. The molecule has 2 aromatic rings. The van der Waals surface area contributed by atoms with Crippen molar-refractivity contribution >= 4 is 34.2 Å². The topological polar surface area (TPSA) is 29.0 Å². The number of aromatic nitrogens is 2. The smallest absolute Gasteiger partial charge is 0.229 e. The van der Waals surface area contributed by atoms with Gasteiger partial charge in [-0.05, 0) is 47.7 Å². The lowest BCUT2D eigenvalue weighted by Gasteiger charge is -2.20. The van der Waals surface area contributed by atoms with E-state index >= 15 is 0 Å². The second kappa shape index (κ2) is 5.39. The lowest BCUT2D eigenvalue weighted by atomic mass is 10.3. The second-order valence-corrected chi connectivity index (χ2v) is 4.67. The summed E-state index contributed by atoms with van der Waals surface area (Å²) >= 11 is 2.15. The van der Waals surface area contributed by atoms with Crippen molar-refractivity contribution in [1.29, 1.82) is 0 Å². The minimum Gasteiger partial charge on any atom is -0.311 e. The van der Waals surface area contributed by atoms with E-state index < -0.39 is 0 Å². The van der Waals surface area contributed by atoms with Crippen LogP contribution >= 0.6 is 22.6 Å². The summed E-state index contributed by atoms with van der Waals surface area (Å²) in [6.45, 7) is 2.66. The Morgan fingerprint density at radius 3 is 2.59 bits per heavy atom. The van der Waals surface area contributed by atoms with Gasteiger partial charge in [0.05, 0.1) is 0 Å². The van der Waals surface area contributed by atoms with Gasteiger partial charge in [-0.2, -0.15) is 0 Å². The molecule has 0 saturated carbocycles. The van der Waals surface area contributed by atoms with E-state index in [1.165, 1.54) is 12.1 Å². The van der Waals surface area contributed by atoms with E-state index in [9.17, 15) is 4.39 Å². The van der Waals surface area contributed by atoms with E-state index in [4.69, 9.17) is 0 Å². The standard InChI is InChI=1S/C12H11FIN3/c1-2-17(11-5-3-4-9(13)6-11)12-15-7-10(14)8-16-12/h3-8H,2H2,1H3. The quantitative estimate of drug-likeness (QED) is 0.800. The summed E-state index contributed by atoms with van der Waals surface area (Å²) in [5.74, 6) is 0.324. The number of halogens is 2. The van der Waals surface area contributed by atoms with E-state index in [-0.39, 0.29) is 5.82 Å². The third-order valence-corrected chi connectivity index (χ3v) is 2.84. The minimum absolute atomic E-state index is 0.258. The third-order valence-electron chi connectivity index (χ3n) is 2.28. The molecule has 0 amide bonds. The van der Waals surface area contributed by atoms with Gasteiger partial charge >= 0.3 is 0 Å². The molecular formula is C12H11FIN3. The molecule has 1 heterocycles. The summed E-state index contributed by atoms with van der Waals surface area (Å²) < 4.78 is 14.1. The van der Waals surface area contributed by atoms with E-state index in [1.54, 1.807) is 18.5 Å². The SMILES string of the molecule is CCN(c1cccc(F)c1)c1ncc(I)cn1. The first-order chi connectivity index (χ1) is 8.20. The third kappa shape index (κ3) is 2.91. The van der Waals surface area contributed by atoms with Gasteiger partial charge in [-0.1, -0.05) is 6.07 Å². The van der Waals surface area contributed by atoms with Crippen LogP contribution in [0.3, 0.4) is 0 Å². The molecule has 1 aromatic carbocycles. The number of nitrogens with zero attached hydrogens (tertiary/aromatic N) is 3. The van der Waals surface area contributed by atoms with Crippen molar-refractivity contribution in [2.24, 2.45) is 0 Å². The van der Waals surface area contributed by atoms with Gasteiger partial charge in [0.2, 0.25) is 5.95 Å². The first-order valence-corrected chi connectivity index (χ1v) is 6.29. The normalized spacial score (nSPS) is 10.3. The van der Waals surface area contributed by atoms with Gasteiger partial charge in [-0.15, -0.1) is 0 Å². The highest BCUT2D eigenvalue weighted by molar-refractivity contribution is 14.1. The van der Waals surface area contributed by atoms with Crippen molar-refractivity contribution in [2.75, 3.05) is 11.4 Å². The molecule has 0 aliphatic carbocycles. The fraction of sp³-hybridized carbons (Fsp3) is 0.167. The van der Waals surface area contributed by atoms with Crippen LogP contribution in [0.5, 0.6) is 0 Å². The van der Waals surface area contributed by atoms with Crippen molar-refractivity contribution in [3.05, 3.63) is 46.0 Å².